The molecule has 7 heteroatoms. The highest BCUT2D eigenvalue weighted by Gasteiger charge is 2.25. The molecule has 0 unspecified atom stereocenters. The summed E-state index contributed by atoms with van der Waals surface area (Å²) in [7, 11) is 1.18. The number of carbonyl (C=O) groups excluding carboxylic acids is 2. The third-order valence-corrected chi connectivity index (χ3v) is 4.10. The Morgan fingerprint density at radius 2 is 2.00 bits per heavy atom. The van der Waals surface area contributed by atoms with Gasteiger partial charge in [0.25, 0.3) is 0 Å². The molecule has 0 bridgehead atoms. The van der Waals surface area contributed by atoms with Gasteiger partial charge in [0.15, 0.2) is 0 Å². The lowest BCUT2D eigenvalue weighted by Crippen LogP contribution is -2.43. The van der Waals surface area contributed by atoms with Gasteiger partial charge in [0.2, 0.25) is 5.91 Å². The molecule has 0 saturated carbocycles. The molecule has 19 heavy (non-hydrogen) atoms. The molecular weight excluding hydrogens is 270 g/mol. The van der Waals surface area contributed by atoms with Crippen LogP contribution in [0.5, 0.6) is 0 Å². The predicted molar refractivity (Wildman–Crippen MR) is 70.9 cm³/mol. The molecule has 1 saturated heterocycles. The fourth-order valence-corrected chi connectivity index (χ4v) is 3.12. The van der Waals surface area contributed by atoms with Crippen molar-refractivity contribution in [2.45, 2.75) is 31.7 Å². The molecule has 2 N–H and O–H groups in total. The van der Waals surface area contributed by atoms with Crippen LogP contribution < -0.4 is 5.32 Å². The van der Waals surface area contributed by atoms with Gasteiger partial charge in [-0.2, -0.15) is 11.8 Å². The Hall–Kier alpha value is -1.24. The van der Waals surface area contributed by atoms with E-state index in [1.165, 1.54) is 7.11 Å². The van der Waals surface area contributed by atoms with Crippen molar-refractivity contribution in [3.05, 3.63) is 0 Å². The van der Waals surface area contributed by atoms with Gasteiger partial charge in [-0.25, -0.2) is 4.79 Å². The van der Waals surface area contributed by atoms with E-state index in [2.05, 4.69) is 10.1 Å². The molecule has 1 aliphatic rings. The van der Waals surface area contributed by atoms with Crippen LogP contribution in [0.3, 0.4) is 0 Å². The second kappa shape index (κ2) is 8.04. The quantitative estimate of drug-likeness (QED) is 0.698. The Morgan fingerprint density at radius 1 is 1.37 bits per heavy atom. The molecule has 1 aliphatic heterocycles. The third kappa shape index (κ3) is 5.96. The molecule has 6 nitrogen and oxygen atoms in total. The normalized spacial score (nSPS) is 17.5. The van der Waals surface area contributed by atoms with Gasteiger partial charge >= 0.3 is 11.9 Å². The number of carboxylic acids is 1. The summed E-state index contributed by atoms with van der Waals surface area (Å²) in [5.41, 5.74) is 0. The van der Waals surface area contributed by atoms with Crippen LogP contribution in [0.2, 0.25) is 0 Å². The number of amides is 1. The van der Waals surface area contributed by atoms with Gasteiger partial charge in [-0.1, -0.05) is 0 Å². The topological polar surface area (TPSA) is 92.7 Å². The van der Waals surface area contributed by atoms with Crippen molar-refractivity contribution in [1.82, 2.24) is 5.32 Å². The number of carbonyl (C=O) groups is 3. The van der Waals surface area contributed by atoms with Gasteiger partial charge in [0.05, 0.1) is 13.5 Å². The summed E-state index contributed by atoms with van der Waals surface area (Å²) in [6.07, 6.45) is 1.93. The van der Waals surface area contributed by atoms with Crippen molar-refractivity contribution in [3.8, 4) is 0 Å². The van der Waals surface area contributed by atoms with Crippen molar-refractivity contribution in [3.63, 3.8) is 0 Å². The first kappa shape index (κ1) is 15.8. The Labute approximate surface area is 116 Å². The van der Waals surface area contributed by atoms with Crippen molar-refractivity contribution < 1.29 is 24.2 Å². The number of thioether (sulfide) groups is 1. The summed E-state index contributed by atoms with van der Waals surface area (Å²) in [5.74, 6) is 0.215. The van der Waals surface area contributed by atoms with Gasteiger partial charge in [-0.3, -0.25) is 9.59 Å². The first-order valence-electron chi connectivity index (χ1n) is 6.19. The molecule has 1 fully saturated rings. The van der Waals surface area contributed by atoms with Gasteiger partial charge < -0.3 is 15.2 Å². The number of ether oxygens (including phenoxy) is 1. The van der Waals surface area contributed by atoms with E-state index in [0.717, 1.165) is 24.3 Å². The molecule has 1 rings (SSSR count). The SMILES string of the molecule is COC(=O)C[C@H](NC(=O)CC1CCSCC1)C(=O)O. The summed E-state index contributed by atoms with van der Waals surface area (Å²) in [6.45, 7) is 0. The molecule has 0 aliphatic carbocycles. The van der Waals surface area contributed by atoms with E-state index >= 15 is 0 Å². The van der Waals surface area contributed by atoms with Gasteiger partial charge in [0.1, 0.15) is 6.04 Å². The van der Waals surface area contributed by atoms with E-state index in [-0.39, 0.29) is 12.3 Å². The number of carboxylic acid groups (broad SMARTS) is 1. The zero-order valence-electron chi connectivity index (χ0n) is 10.9. The highest BCUT2D eigenvalue weighted by molar-refractivity contribution is 7.99. The van der Waals surface area contributed by atoms with Gasteiger partial charge in [-0.05, 0) is 30.3 Å². The highest BCUT2D eigenvalue weighted by Crippen LogP contribution is 2.25. The van der Waals surface area contributed by atoms with E-state index in [9.17, 15) is 14.4 Å². The second-order valence-corrected chi connectivity index (χ2v) is 5.72. The van der Waals surface area contributed by atoms with Crippen molar-refractivity contribution in [1.29, 1.82) is 0 Å². The van der Waals surface area contributed by atoms with Gasteiger partial charge in [0, 0.05) is 6.42 Å². The smallest absolute Gasteiger partial charge is 0.326 e. The Balaban J connectivity index is 2.41. The zero-order chi connectivity index (χ0) is 14.3. The molecule has 108 valence electrons. The molecule has 1 heterocycles. The molecule has 0 radical (unpaired) electrons. The molecule has 1 amide bonds. The minimum atomic E-state index is -1.22. The Kier molecular flexibility index (Phi) is 6.69. The van der Waals surface area contributed by atoms with E-state index in [1.54, 1.807) is 0 Å². The number of hydrogen-bond acceptors (Lipinski definition) is 5. The fourth-order valence-electron chi connectivity index (χ4n) is 1.92. The molecule has 1 atom stereocenters. The largest absolute Gasteiger partial charge is 0.480 e. The zero-order valence-corrected chi connectivity index (χ0v) is 11.7. The number of esters is 1. The number of nitrogens with one attached hydrogen (secondary N) is 1. The van der Waals surface area contributed by atoms with E-state index in [1.807, 2.05) is 11.8 Å². The highest BCUT2D eigenvalue weighted by atomic mass is 32.2. The van der Waals surface area contributed by atoms with Crippen molar-refractivity contribution >= 4 is 29.6 Å². The standard InChI is InChI=1S/C12H19NO5S/c1-18-11(15)7-9(12(16)17)13-10(14)6-8-2-4-19-5-3-8/h8-9H,2-7H2,1H3,(H,13,14)(H,16,17)/t9-/m0/s1. The molecular formula is C12H19NO5S. The van der Waals surface area contributed by atoms with Crippen molar-refractivity contribution in [2.24, 2.45) is 5.92 Å². The van der Waals surface area contributed by atoms with E-state index < -0.39 is 18.0 Å². The number of hydrogen-bond donors (Lipinski definition) is 2. The number of aliphatic carboxylic acids is 1. The van der Waals surface area contributed by atoms with Crippen molar-refractivity contribution in [2.75, 3.05) is 18.6 Å². The van der Waals surface area contributed by atoms with Gasteiger partial charge in [-0.15, -0.1) is 0 Å². The van der Waals surface area contributed by atoms with Crippen LogP contribution in [0, 0.1) is 5.92 Å². The summed E-state index contributed by atoms with van der Waals surface area (Å²) in [5, 5.41) is 11.3. The predicted octanol–water partition coefficient (Wildman–Crippen LogP) is 0.652. The lowest BCUT2D eigenvalue weighted by molar-refractivity contribution is -0.148. The van der Waals surface area contributed by atoms with Crippen LogP contribution in [0.15, 0.2) is 0 Å². The minimum Gasteiger partial charge on any atom is -0.480 e. The Bertz CT molecular complexity index is 341. The summed E-state index contributed by atoms with van der Waals surface area (Å²) in [4.78, 5) is 33.8. The molecule has 0 spiro atoms. The molecule has 0 aromatic heterocycles. The van der Waals surface area contributed by atoms with Crippen LogP contribution in [0.1, 0.15) is 25.7 Å². The minimum absolute atomic E-state index is 0.312. The van der Waals surface area contributed by atoms with Crippen LogP contribution in [-0.2, 0) is 19.1 Å². The maximum atomic E-state index is 11.8. The first-order chi connectivity index (χ1) is 9.02. The number of rotatable bonds is 6. The summed E-state index contributed by atoms with van der Waals surface area (Å²) in [6, 6.07) is -1.21. The first-order valence-corrected chi connectivity index (χ1v) is 7.35. The van der Waals surface area contributed by atoms with Crippen LogP contribution in [0.25, 0.3) is 0 Å². The maximum Gasteiger partial charge on any atom is 0.326 e. The monoisotopic (exact) mass is 289 g/mol. The molecule has 0 aromatic carbocycles. The molecule has 0 aromatic rings. The van der Waals surface area contributed by atoms with Crippen LogP contribution in [-0.4, -0.2) is 47.6 Å². The van der Waals surface area contributed by atoms with Crippen LogP contribution >= 0.6 is 11.8 Å². The Morgan fingerprint density at radius 3 is 2.53 bits per heavy atom. The third-order valence-electron chi connectivity index (χ3n) is 3.05. The van der Waals surface area contributed by atoms with E-state index in [4.69, 9.17) is 5.11 Å². The lowest BCUT2D eigenvalue weighted by Gasteiger charge is -2.21. The summed E-state index contributed by atoms with van der Waals surface area (Å²) >= 11 is 1.87. The average molecular weight is 289 g/mol. The fraction of sp³-hybridized carbons (Fsp3) is 0.750. The maximum absolute atomic E-state index is 11.8. The number of methoxy groups -OCH3 is 1. The summed E-state index contributed by atoms with van der Waals surface area (Å²) < 4.78 is 4.41. The average Bonchev–Trinajstić information content (AvgIpc) is 2.38. The van der Waals surface area contributed by atoms with E-state index in [0.29, 0.717) is 12.3 Å². The second-order valence-electron chi connectivity index (χ2n) is 4.50. The lowest BCUT2D eigenvalue weighted by atomic mass is 9.98. The van der Waals surface area contributed by atoms with Crippen LogP contribution in [0.4, 0.5) is 0 Å².